The van der Waals surface area contributed by atoms with E-state index in [9.17, 15) is 4.79 Å². The Morgan fingerprint density at radius 1 is 1.00 bits per heavy atom. The van der Waals surface area contributed by atoms with Gasteiger partial charge in [-0.15, -0.1) is 20.4 Å². The van der Waals surface area contributed by atoms with Crippen LogP contribution in [0.15, 0.2) is 64.1 Å². The molecule has 0 bridgehead atoms. The maximum atomic E-state index is 12.6. The average molecular weight is 544 g/mol. The van der Waals surface area contributed by atoms with Gasteiger partial charge in [0.25, 0.3) is 0 Å². The van der Waals surface area contributed by atoms with E-state index in [0.717, 1.165) is 27.2 Å². The van der Waals surface area contributed by atoms with Gasteiger partial charge in [0.05, 0.1) is 31.7 Å². The number of rotatable bonds is 13. The van der Waals surface area contributed by atoms with Crippen LogP contribution in [-0.4, -0.2) is 63.2 Å². The smallest absolute Gasteiger partial charge is 0.236 e. The zero-order valence-electron chi connectivity index (χ0n) is 19.7. The van der Waals surface area contributed by atoms with E-state index in [1.807, 2.05) is 59.2 Å². The maximum Gasteiger partial charge on any atom is 0.236 e. The van der Waals surface area contributed by atoms with Crippen LogP contribution in [0.25, 0.3) is 5.69 Å². The van der Waals surface area contributed by atoms with E-state index in [-0.39, 0.29) is 11.7 Å². The predicted molar refractivity (Wildman–Crippen MR) is 144 cm³/mol. The summed E-state index contributed by atoms with van der Waals surface area (Å²) in [6, 6.07) is 17.5. The van der Waals surface area contributed by atoms with E-state index in [1.54, 1.807) is 14.2 Å². The second kappa shape index (κ2) is 13.3. The first-order valence-electron chi connectivity index (χ1n) is 10.9. The van der Waals surface area contributed by atoms with Gasteiger partial charge >= 0.3 is 0 Å². The van der Waals surface area contributed by atoms with E-state index in [2.05, 4.69) is 31.0 Å². The molecule has 10 nitrogen and oxygen atoms in total. The number of para-hydroxylation sites is 3. The highest BCUT2D eigenvalue weighted by Crippen LogP contribution is 2.27. The van der Waals surface area contributed by atoms with Gasteiger partial charge in [-0.05, 0) is 24.3 Å². The summed E-state index contributed by atoms with van der Waals surface area (Å²) in [5.41, 5.74) is 1.76. The second-order valence-corrected chi connectivity index (χ2v) is 10.4. The SMILES string of the molecule is COCCSc1nnc(NC(=O)CSc2nnc(CNc3ccccc3OC)n2-c2ccccc2)s1. The molecule has 13 heteroatoms. The second-order valence-electron chi connectivity index (χ2n) is 7.17. The number of hydrogen-bond donors (Lipinski definition) is 2. The topological polar surface area (TPSA) is 116 Å². The molecule has 2 aromatic heterocycles. The third-order valence-corrected chi connectivity index (χ3v) is 7.62. The summed E-state index contributed by atoms with van der Waals surface area (Å²) in [6.45, 7) is 1.05. The molecule has 0 aliphatic heterocycles. The lowest BCUT2D eigenvalue weighted by molar-refractivity contribution is -0.113. The van der Waals surface area contributed by atoms with Crippen molar-refractivity contribution >= 4 is 51.6 Å². The van der Waals surface area contributed by atoms with E-state index >= 15 is 0 Å². The summed E-state index contributed by atoms with van der Waals surface area (Å²) in [7, 11) is 3.29. The molecule has 2 N–H and O–H groups in total. The number of nitrogens with zero attached hydrogens (tertiary/aromatic N) is 5. The van der Waals surface area contributed by atoms with E-state index in [4.69, 9.17) is 9.47 Å². The molecule has 0 saturated heterocycles. The number of hydrogen-bond acceptors (Lipinski definition) is 11. The van der Waals surface area contributed by atoms with Crippen molar-refractivity contribution in [2.45, 2.75) is 16.0 Å². The summed E-state index contributed by atoms with van der Waals surface area (Å²) in [4.78, 5) is 12.6. The van der Waals surface area contributed by atoms with E-state index < -0.39 is 0 Å². The van der Waals surface area contributed by atoms with Gasteiger partial charge < -0.3 is 14.8 Å². The van der Waals surface area contributed by atoms with Gasteiger partial charge in [-0.3, -0.25) is 14.7 Å². The fraction of sp³-hybridized carbons (Fsp3) is 0.261. The van der Waals surface area contributed by atoms with Crippen LogP contribution in [0.5, 0.6) is 5.75 Å². The van der Waals surface area contributed by atoms with Crippen molar-refractivity contribution in [1.82, 2.24) is 25.0 Å². The van der Waals surface area contributed by atoms with Gasteiger partial charge in [-0.1, -0.05) is 65.2 Å². The van der Waals surface area contributed by atoms with Crippen LogP contribution < -0.4 is 15.4 Å². The Labute approximate surface area is 221 Å². The number of thioether (sulfide) groups is 2. The number of benzene rings is 2. The molecule has 0 aliphatic rings. The highest BCUT2D eigenvalue weighted by Gasteiger charge is 2.17. The Morgan fingerprint density at radius 3 is 2.61 bits per heavy atom. The Bertz CT molecular complexity index is 1270. The first-order valence-corrected chi connectivity index (χ1v) is 13.7. The molecule has 1 amide bonds. The van der Waals surface area contributed by atoms with Crippen molar-refractivity contribution in [2.75, 3.05) is 43.0 Å². The summed E-state index contributed by atoms with van der Waals surface area (Å²) in [6.07, 6.45) is 0. The number of ether oxygens (including phenoxy) is 2. The van der Waals surface area contributed by atoms with Gasteiger partial charge in [0.2, 0.25) is 11.0 Å². The van der Waals surface area contributed by atoms with Crippen molar-refractivity contribution in [3.05, 3.63) is 60.4 Å². The molecular formula is C23H25N7O3S3. The van der Waals surface area contributed by atoms with Crippen LogP contribution in [0.4, 0.5) is 10.8 Å². The third-order valence-electron chi connectivity index (χ3n) is 4.76. The van der Waals surface area contributed by atoms with E-state index in [1.165, 1.54) is 34.9 Å². The maximum absolute atomic E-state index is 12.6. The fourth-order valence-corrected chi connectivity index (χ4v) is 5.64. The quantitative estimate of drug-likeness (QED) is 0.144. The van der Waals surface area contributed by atoms with Gasteiger partial charge in [-0.2, -0.15) is 0 Å². The lowest BCUT2D eigenvalue weighted by Gasteiger charge is -2.13. The largest absolute Gasteiger partial charge is 0.495 e. The van der Waals surface area contributed by atoms with Crippen molar-refractivity contribution in [2.24, 2.45) is 0 Å². The van der Waals surface area contributed by atoms with Crippen molar-refractivity contribution in [1.29, 1.82) is 0 Å². The van der Waals surface area contributed by atoms with Crippen LogP contribution in [0.3, 0.4) is 0 Å². The average Bonchev–Trinajstić information content (AvgIpc) is 3.53. The molecule has 0 aliphatic carbocycles. The molecule has 0 fully saturated rings. The Kier molecular flexibility index (Phi) is 9.55. The van der Waals surface area contributed by atoms with Gasteiger partial charge in [0.1, 0.15) is 5.75 Å². The zero-order valence-corrected chi connectivity index (χ0v) is 22.2. The standard InChI is InChI=1S/C23H25N7O3S3/c1-32-12-13-34-23-29-27-21(36-23)25-20(31)15-35-22-28-26-19(30(22)16-8-4-3-5-9-16)14-24-17-10-6-7-11-18(17)33-2/h3-11,24H,12-15H2,1-2H3,(H,25,27,31). The molecule has 36 heavy (non-hydrogen) atoms. The van der Waals surface area contributed by atoms with Gasteiger partial charge in [0.15, 0.2) is 15.3 Å². The van der Waals surface area contributed by atoms with Crippen LogP contribution in [0.1, 0.15) is 5.82 Å². The Hall–Kier alpha value is -3.13. The number of methoxy groups -OCH3 is 2. The minimum absolute atomic E-state index is 0.149. The summed E-state index contributed by atoms with van der Waals surface area (Å²) in [5.74, 6) is 2.18. The minimum atomic E-state index is -0.194. The van der Waals surface area contributed by atoms with Crippen molar-refractivity contribution in [3.8, 4) is 11.4 Å². The number of nitrogens with one attached hydrogen (secondary N) is 2. The third kappa shape index (κ3) is 6.97. The Balaban J connectivity index is 1.42. The molecular weight excluding hydrogens is 519 g/mol. The van der Waals surface area contributed by atoms with Crippen LogP contribution in [0, 0.1) is 0 Å². The summed E-state index contributed by atoms with van der Waals surface area (Å²) >= 11 is 4.18. The van der Waals surface area contributed by atoms with Crippen molar-refractivity contribution in [3.63, 3.8) is 0 Å². The summed E-state index contributed by atoms with van der Waals surface area (Å²) < 4.78 is 13.2. The van der Waals surface area contributed by atoms with Gasteiger partial charge in [-0.25, -0.2) is 0 Å². The minimum Gasteiger partial charge on any atom is -0.495 e. The lowest BCUT2D eigenvalue weighted by atomic mass is 10.3. The number of anilines is 2. The van der Waals surface area contributed by atoms with Crippen LogP contribution >= 0.6 is 34.9 Å². The van der Waals surface area contributed by atoms with Crippen molar-refractivity contribution < 1.29 is 14.3 Å². The lowest BCUT2D eigenvalue weighted by Crippen LogP contribution is -2.14. The molecule has 0 saturated carbocycles. The highest BCUT2D eigenvalue weighted by molar-refractivity contribution is 8.01. The fourth-order valence-electron chi connectivity index (χ4n) is 3.13. The molecule has 2 heterocycles. The number of carbonyl (C=O) groups is 1. The van der Waals surface area contributed by atoms with Gasteiger partial charge in [0, 0.05) is 18.6 Å². The Morgan fingerprint density at radius 2 is 1.81 bits per heavy atom. The predicted octanol–water partition coefficient (Wildman–Crippen LogP) is 4.21. The molecule has 4 aromatic rings. The number of aromatic nitrogens is 5. The zero-order chi connectivity index (χ0) is 25.2. The van der Waals surface area contributed by atoms with E-state index in [0.29, 0.717) is 29.3 Å². The first-order chi connectivity index (χ1) is 17.7. The number of amides is 1. The molecule has 4 rings (SSSR count). The van der Waals surface area contributed by atoms with Crippen LogP contribution in [-0.2, 0) is 16.1 Å². The number of carbonyl (C=O) groups excluding carboxylic acids is 1. The summed E-state index contributed by atoms with van der Waals surface area (Å²) in [5, 5.41) is 24.1. The molecule has 188 valence electrons. The molecule has 0 radical (unpaired) electrons. The monoisotopic (exact) mass is 543 g/mol. The molecule has 0 atom stereocenters. The normalized spacial score (nSPS) is 10.8. The molecule has 0 unspecified atom stereocenters. The molecule has 0 spiro atoms. The highest BCUT2D eigenvalue weighted by atomic mass is 32.2. The molecule has 2 aromatic carbocycles. The van der Waals surface area contributed by atoms with Crippen LogP contribution in [0.2, 0.25) is 0 Å². The first kappa shape index (κ1) is 25.9.